The smallest absolute Gasteiger partial charge is 0.251 e. The summed E-state index contributed by atoms with van der Waals surface area (Å²) in [5.74, 6) is 0.0172. The predicted octanol–water partition coefficient (Wildman–Crippen LogP) is 2.17. The lowest BCUT2D eigenvalue weighted by molar-refractivity contribution is 0.0926. The molecule has 0 aliphatic heterocycles. The zero-order valence-electron chi connectivity index (χ0n) is 10.9. The van der Waals surface area contributed by atoms with Crippen LogP contribution in [0.1, 0.15) is 36.0 Å². The van der Waals surface area contributed by atoms with Crippen LogP contribution in [0.5, 0.6) is 0 Å². The Bertz CT molecular complexity index is 582. The van der Waals surface area contributed by atoms with Gasteiger partial charge in [0.25, 0.3) is 5.91 Å². The first-order valence-corrected chi connectivity index (χ1v) is 6.86. The summed E-state index contributed by atoms with van der Waals surface area (Å²) in [4.78, 5) is 15.3. The van der Waals surface area contributed by atoms with Gasteiger partial charge in [0, 0.05) is 34.7 Å². The van der Waals surface area contributed by atoms with Crippen LogP contribution in [0.25, 0.3) is 10.9 Å². The molecule has 1 aromatic heterocycles. The van der Waals surface area contributed by atoms with E-state index in [9.17, 15) is 4.79 Å². The number of carbonyl (C=O) groups is 1. The molecule has 4 heteroatoms. The van der Waals surface area contributed by atoms with E-state index < -0.39 is 0 Å². The van der Waals surface area contributed by atoms with Gasteiger partial charge in [0.2, 0.25) is 0 Å². The average molecular weight is 257 g/mol. The molecule has 0 saturated heterocycles. The summed E-state index contributed by atoms with van der Waals surface area (Å²) in [6.45, 7) is 0. The van der Waals surface area contributed by atoms with Crippen LogP contribution in [0.3, 0.4) is 0 Å². The topological polar surface area (TPSA) is 70.9 Å². The van der Waals surface area contributed by atoms with Gasteiger partial charge < -0.3 is 16.0 Å². The normalized spacial score (nSPS) is 23.4. The highest BCUT2D eigenvalue weighted by atomic mass is 16.1. The number of benzene rings is 1. The Morgan fingerprint density at radius 1 is 1.21 bits per heavy atom. The van der Waals surface area contributed by atoms with E-state index in [1.165, 1.54) is 0 Å². The highest BCUT2D eigenvalue weighted by molar-refractivity contribution is 5.98. The van der Waals surface area contributed by atoms with E-state index in [1.54, 1.807) is 0 Å². The Balaban J connectivity index is 1.69. The minimum Gasteiger partial charge on any atom is -0.361 e. The maximum absolute atomic E-state index is 12.2. The minimum absolute atomic E-state index is 0.0172. The van der Waals surface area contributed by atoms with E-state index in [1.807, 2.05) is 30.5 Å². The summed E-state index contributed by atoms with van der Waals surface area (Å²) in [5.41, 5.74) is 7.65. The van der Waals surface area contributed by atoms with Gasteiger partial charge in [-0.3, -0.25) is 4.79 Å². The zero-order valence-corrected chi connectivity index (χ0v) is 10.9. The Morgan fingerprint density at radius 3 is 2.79 bits per heavy atom. The molecule has 1 saturated carbocycles. The van der Waals surface area contributed by atoms with Crippen LogP contribution in [0.15, 0.2) is 30.5 Å². The van der Waals surface area contributed by atoms with Crippen LogP contribution in [0.2, 0.25) is 0 Å². The molecule has 0 unspecified atom stereocenters. The third-order valence-electron chi connectivity index (χ3n) is 3.92. The number of amides is 1. The van der Waals surface area contributed by atoms with Crippen LogP contribution in [-0.4, -0.2) is 23.0 Å². The number of hydrogen-bond donors (Lipinski definition) is 3. The van der Waals surface area contributed by atoms with Crippen LogP contribution in [0, 0.1) is 0 Å². The van der Waals surface area contributed by atoms with Crippen molar-refractivity contribution in [2.45, 2.75) is 37.8 Å². The standard InChI is InChI=1S/C15H19N3O/c16-12-2-4-13(5-3-12)18-15(19)11-1-6-14-10(9-11)7-8-17-14/h1,6-9,12-13,17H,2-5,16H2,(H,18,19). The number of carbonyl (C=O) groups excluding carboxylic acids is 1. The summed E-state index contributed by atoms with van der Waals surface area (Å²) < 4.78 is 0. The molecule has 100 valence electrons. The second kappa shape index (κ2) is 5.05. The van der Waals surface area contributed by atoms with Crippen molar-refractivity contribution < 1.29 is 4.79 Å². The van der Waals surface area contributed by atoms with E-state index in [-0.39, 0.29) is 11.9 Å². The number of aromatic amines is 1. The van der Waals surface area contributed by atoms with E-state index in [4.69, 9.17) is 5.73 Å². The molecule has 1 heterocycles. The van der Waals surface area contributed by atoms with Gasteiger partial charge >= 0.3 is 0 Å². The Kier molecular flexibility index (Phi) is 3.25. The SMILES string of the molecule is NC1CCC(NC(=O)c2ccc3[nH]ccc3c2)CC1. The molecule has 0 atom stereocenters. The van der Waals surface area contributed by atoms with Gasteiger partial charge in [0.1, 0.15) is 0 Å². The van der Waals surface area contributed by atoms with Gasteiger partial charge in [-0.15, -0.1) is 0 Å². The van der Waals surface area contributed by atoms with Crippen LogP contribution in [-0.2, 0) is 0 Å². The monoisotopic (exact) mass is 257 g/mol. The van der Waals surface area contributed by atoms with Crippen LogP contribution >= 0.6 is 0 Å². The van der Waals surface area contributed by atoms with Crippen molar-refractivity contribution in [2.24, 2.45) is 5.73 Å². The van der Waals surface area contributed by atoms with Crippen LogP contribution in [0.4, 0.5) is 0 Å². The van der Waals surface area contributed by atoms with E-state index in [0.29, 0.717) is 6.04 Å². The summed E-state index contributed by atoms with van der Waals surface area (Å²) in [7, 11) is 0. The summed E-state index contributed by atoms with van der Waals surface area (Å²) in [6.07, 6.45) is 5.86. The first-order valence-electron chi connectivity index (χ1n) is 6.86. The molecule has 0 spiro atoms. The van der Waals surface area contributed by atoms with Crippen molar-refractivity contribution in [1.29, 1.82) is 0 Å². The van der Waals surface area contributed by atoms with Gasteiger partial charge in [-0.1, -0.05) is 0 Å². The van der Waals surface area contributed by atoms with Gasteiger partial charge in [-0.25, -0.2) is 0 Å². The van der Waals surface area contributed by atoms with E-state index in [0.717, 1.165) is 42.1 Å². The lowest BCUT2D eigenvalue weighted by Crippen LogP contribution is -2.40. The highest BCUT2D eigenvalue weighted by Gasteiger charge is 2.20. The molecule has 1 fully saturated rings. The number of hydrogen-bond acceptors (Lipinski definition) is 2. The molecule has 1 aromatic carbocycles. The van der Waals surface area contributed by atoms with Crippen molar-refractivity contribution in [2.75, 3.05) is 0 Å². The number of rotatable bonds is 2. The summed E-state index contributed by atoms with van der Waals surface area (Å²) >= 11 is 0. The number of H-pyrrole nitrogens is 1. The van der Waals surface area contributed by atoms with Gasteiger partial charge in [-0.2, -0.15) is 0 Å². The molecular formula is C15H19N3O. The van der Waals surface area contributed by atoms with E-state index >= 15 is 0 Å². The number of nitrogens with two attached hydrogens (primary N) is 1. The Labute approximate surface area is 112 Å². The molecule has 1 aliphatic carbocycles. The molecule has 1 aliphatic rings. The van der Waals surface area contributed by atoms with Crippen molar-refractivity contribution in [3.63, 3.8) is 0 Å². The number of nitrogens with one attached hydrogen (secondary N) is 2. The fourth-order valence-corrected chi connectivity index (χ4v) is 2.73. The minimum atomic E-state index is 0.0172. The van der Waals surface area contributed by atoms with Crippen molar-refractivity contribution >= 4 is 16.8 Å². The largest absolute Gasteiger partial charge is 0.361 e. The molecule has 0 radical (unpaired) electrons. The zero-order chi connectivity index (χ0) is 13.2. The van der Waals surface area contributed by atoms with Crippen molar-refractivity contribution in [3.05, 3.63) is 36.0 Å². The average Bonchev–Trinajstić information content (AvgIpc) is 2.88. The fraction of sp³-hybridized carbons (Fsp3) is 0.400. The van der Waals surface area contributed by atoms with Crippen molar-refractivity contribution in [1.82, 2.24) is 10.3 Å². The Morgan fingerprint density at radius 2 is 2.00 bits per heavy atom. The number of fused-ring (bicyclic) bond motifs is 1. The maximum atomic E-state index is 12.2. The van der Waals surface area contributed by atoms with Crippen molar-refractivity contribution in [3.8, 4) is 0 Å². The van der Waals surface area contributed by atoms with Gasteiger partial charge in [-0.05, 0) is 49.9 Å². The van der Waals surface area contributed by atoms with E-state index in [2.05, 4.69) is 10.3 Å². The first-order chi connectivity index (χ1) is 9.22. The predicted molar refractivity (Wildman–Crippen MR) is 76.0 cm³/mol. The second-order valence-electron chi connectivity index (χ2n) is 5.36. The lowest BCUT2D eigenvalue weighted by Gasteiger charge is -2.26. The highest BCUT2D eigenvalue weighted by Crippen LogP contribution is 2.18. The molecule has 2 aromatic rings. The molecule has 4 N–H and O–H groups in total. The van der Waals surface area contributed by atoms with Crippen LogP contribution < -0.4 is 11.1 Å². The van der Waals surface area contributed by atoms with Gasteiger partial charge in [0.15, 0.2) is 0 Å². The molecule has 1 amide bonds. The first kappa shape index (κ1) is 12.2. The maximum Gasteiger partial charge on any atom is 0.251 e. The quantitative estimate of drug-likeness (QED) is 0.771. The third-order valence-corrected chi connectivity index (χ3v) is 3.92. The fourth-order valence-electron chi connectivity index (χ4n) is 2.73. The van der Waals surface area contributed by atoms with Gasteiger partial charge in [0.05, 0.1) is 0 Å². The second-order valence-corrected chi connectivity index (χ2v) is 5.36. The summed E-state index contributed by atoms with van der Waals surface area (Å²) in [6, 6.07) is 8.30. The summed E-state index contributed by atoms with van der Waals surface area (Å²) in [5, 5.41) is 4.18. The number of aromatic nitrogens is 1. The Hall–Kier alpha value is -1.81. The molecule has 3 rings (SSSR count). The lowest BCUT2D eigenvalue weighted by atomic mass is 9.91. The molecule has 0 bridgehead atoms. The molecule has 4 nitrogen and oxygen atoms in total. The molecule has 19 heavy (non-hydrogen) atoms. The third kappa shape index (κ3) is 2.63. The molecular weight excluding hydrogens is 238 g/mol.